The predicted octanol–water partition coefficient (Wildman–Crippen LogP) is 2.07. The second-order valence-corrected chi connectivity index (χ2v) is 4.62. The molecular weight excluding hydrogens is 230 g/mol. The van der Waals surface area contributed by atoms with Gasteiger partial charge >= 0.3 is 5.97 Å². The zero-order valence-electron chi connectivity index (χ0n) is 10.6. The van der Waals surface area contributed by atoms with Crippen molar-refractivity contribution in [2.24, 2.45) is 0 Å². The fraction of sp³-hybridized carbons (Fsp3) is 0.308. The van der Waals surface area contributed by atoms with Gasteiger partial charge in [-0.05, 0) is 20.8 Å². The Morgan fingerprint density at radius 3 is 2.44 bits per heavy atom. The molecule has 0 aliphatic carbocycles. The van der Waals surface area contributed by atoms with Crippen LogP contribution in [0.4, 0.5) is 0 Å². The molecule has 18 heavy (non-hydrogen) atoms. The number of carbonyl (C=O) groups is 1. The Bertz CT molecular complexity index is 573. The van der Waals surface area contributed by atoms with Crippen LogP contribution in [0.25, 0.3) is 11.4 Å². The maximum absolute atomic E-state index is 11.3. The lowest BCUT2D eigenvalue weighted by Gasteiger charge is -2.21. The van der Waals surface area contributed by atoms with E-state index in [4.69, 9.17) is 0 Å². The molecular formula is C13H15N3O2. The van der Waals surface area contributed by atoms with Crippen LogP contribution in [0.15, 0.2) is 30.3 Å². The zero-order valence-corrected chi connectivity index (χ0v) is 10.6. The lowest BCUT2D eigenvalue weighted by Crippen LogP contribution is -2.37. The van der Waals surface area contributed by atoms with Gasteiger partial charge in [-0.3, -0.25) is 0 Å². The quantitative estimate of drug-likeness (QED) is 0.898. The number of hydrogen-bond donors (Lipinski definition) is 1. The summed E-state index contributed by atoms with van der Waals surface area (Å²) in [6.07, 6.45) is 0. The molecule has 0 bridgehead atoms. The third-order valence-corrected chi connectivity index (χ3v) is 2.80. The largest absolute Gasteiger partial charge is 0.479 e. The summed E-state index contributed by atoms with van der Waals surface area (Å²) < 4.78 is 1.46. The monoisotopic (exact) mass is 245 g/mol. The van der Waals surface area contributed by atoms with E-state index < -0.39 is 11.5 Å². The molecule has 0 fully saturated rings. The van der Waals surface area contributed by atoms with Gasteiger partial charge < -0.3 is 5.11 Å². The highest BCUT2D eigenvalue weighted by Crippen LogP contribution is 2.24. The Balaban J connectivity index is 2.61. The van der Waals surface area contributed by atoms with Crippen molar-refractivity contribution >= 4 is 5.97 Å². The molecule has 0 saturated carbocycles. The molecule has 1 N–H and O–H groups in total. The fourth-order valence-electron chi connectivity index (χ4n) is 1.67. The first-order valence-electron chi connectivity index (χ1n) is 5.66. The summed E-state index contributed by atoms with van der Waals surface area (Å²) in [5.74, 6) is 0.188. The van der Waals surface area contributed by atoms with Gasteiger partial charge in [0.2, 0.25) is 0 Å². The van der Waals surface area contributed by atoms with Gasteiger partial charge in [0.25, 0.3) is 0 Å². The molecule has 0 amide bonds. The first kappa shape index (κ1) is 12.3. The van der Waals surface area contributed by atoms with Crippen LogP contribution in [-0.4, -0.2) is 25.8 Å². The molecule has 1 aromatic heterocycles. The van der Waals surface area contributed by atoms with Gasteiger partial charge in [-0.2, -0.15) is 5.10 Å². The number of carboxylic acids is 1. The van der Waals surface area contributed by atoms with E-state index in [1.165, 1.54) is 4.68 Å². The van der Waals surface area contributed by atoms with Crippen molar-refractivity contribution in [1.29, 1.82) is 0 Å². The zero-order chi connectivity index (χ0) is 13.3. The summed E-state index contributed by atoms with van der Waals surface area (Å²) in [7, 11) is 0. The lowest BCUT2D eigenvalue weighted by molar-refractivity contribution is -0.146. The second-order valence-electron chi connectivity index (χ2n) is 4.62. The molecule has 0 unspecified atom stereocenters. The average molecular weight is 245 g/mol. The third-order valence-electron chi connectivity index (χ3n) is 2.80. The van der Waals surface area contributed by atoms with Gasteiger partial charge in [0.1, 0.15) is 5.82 Å². The van der Waals surface area contributed by atoms with Gasteiger partial charge in [0.05, 0.1) is 0 Å². The smallest absolute Gasteiger partial charge is 0.331 e. The van der Waals surface area contributed by atoms with Crippen LogP contribution in [-0.2, 0) is 10.3 Å². The van der Waals surface area contributed by atoms with Gasteiger partial charge in [-0.25, -0.2) is 14.5 Å². The van der Waals surface area contributed by atoms with Crippen molar-refractivity contribution in [2.45, 2.75) is 26.3 Å². The third kappa shape index (κ3) is 1.99. The van der Waals surface area contributed by atoms with E-state index in [0.29, 0.717) is 11.6 Å². The normalized spacial score (nSPS) is 11.5. The molecule has 94 valence electrons. The number of aryl methyl sites for hydroxylation is 1. The van der Waals surface area contributed by atoms with E-state index in [2.05, 4.69) is 10.1 Å². The summed E-state index contributed by atoms with van der Waals surface area (Å²) in [6.45, 7) is 4.96. The van der Waals surface area contributed by atoms with Crippen LogP contribution >= 0.6 is 0 Å². The molecule has 2 rings (SSSR count). The first-order valence-corrected chi connectivity index (χ1v) is 5.66. The van der Waals surface area contributed by atoms with Gasteiger partial charge in [-0.15, -0.1) is 0 Å². The van der Waals surface area contributed by atoms with E-state index in [1.807, 2.05) is 30.3 Å². The van der Waals surface area contributed by atoms with Crippen molar-refractivity contribution in [3.8, 4) is 11.4 Å². The molecule has 0 saturated heterocycles. The van der Waals surface area contributed by atoms with Gasteiger partial charge in [-0.1, -0.05) is 30.3 Å². The van der Waals surface area contributed by atoms with E-state index in [-0.39, 0.29) is 0 Å². The van der Waals surface area contributed by atoms with Gasteiger partial charge in [0.15, 0.2) is 11.4 Å². The van der Waals surface area contributed by atoms with E-state index in [0.717, 1.165) is 5.56 Å². The lowest BCUT2D eigenvalue weighted by atomic mass is 10.1. The molecule has 0 radical (unpaired) electrons. The summed E-state index contributed by atoms with van der Waals surface area (Å²) in [5, 5.41) is 13.5. The summed E-state index contributed by atoms with van der Waals surface area (Å²) >= 11 is 0. The van der Waals surface area contributed by atoms with E-state index in [9.17, 15) is 9.90 Å². The minimum atomic E-state index is -1.13. The van der Waals surface area contributed by atoms with Gasteiger partial charge in [0, 0.05) is 5.56 Å². The van der Waals surface area contributed by atoms with Crippen LogP contribution in [0.3, 0.4) is 0 Å². The highest BCUT2D eigenvalue weighted by Gasteiger charge is 2.33. The highest BCUT2D eigenvalue weighted by molar-refractivity contribution is 5.76. The van der Waals surface area contributed by atoms with Crippen LogP contribution in [0.1, 0.15) is 19.7 Å². The average Bonchev–Trinajstić information content (AvgIpc) is 2.73. The summed E-state index contributed by atoms with van der Waals surface area (Å²) in [5.41, 5.74) is -0.278. The number of carboxylic acid groups (broad SMARTS) is 1. The maximum Gasteiger partial charge on any atom is 0.331 e. The van der Waals surface area contributed by atoms with Crippen molar-refractivity contribution < 1.29 is 9.90 Å². The number of aromatic nitrogens is 3. The number of aliphatic carboxylic acids is 1. The van der Waals surface area contributed by atoms with Crippen molar-refractivity contribution in [1.82, 2.24) is 14.8 Å². The molecule has 0 aliphatic rings. The Kier molecular flexibility index (Phi) is 2.90. The molecule has 0 aliphatic heterocycles. The van der Waals surface area contributed by atoms with E-state index in [1.54, 1.807) is 20.8 Å². The first-order chi connectivity index (χ1) is 8.43. The van der Waals surface area contributed by atoms with Crippen LogP contribution in [0.5, 0.6) is 0 Å². The standard InChI is InChI=1S/C13H15N3O2/c1-9-14-11(10-7-5-4-6-8-10)16(15-9)13(2,3)12(17)18/h4-8H,1-3H3,(H,17,18). The fourth-order valence-corrected chi connectivity index (χ4v) is 1.67. The van der Waals surface area contributed by atoms with Crippen LogP contribution in [0, 0.1) is 6.92 Å². The Hall–Kier alpha value is -2.17. The minimum Gasteiger partial charge on any atom is -0.479 e. The molecule has 1 aromatic carbocycles. The number of nitrogens with zero attached hydrogens (tertiary/aromatic N) is 3. The minimum absolute atomic E-state index is 0.558. The predicted molar refractivity (Wildman–Crippen MR) is 67.2 cm³/mol. The molecule has 5 nitrogen and oxygen atoms in total. The van der Waals surface area contributed by atoms with Crippen LogP contribution < -0.4 is 0 Å². The molecule has 0 atom stereocenters. The summed E-state index contributed by atoms with van der Waals surface area (Å²) in [6, 6.07) is 9.45. The Morgan fingerprint density at radius 1 is 1.28 bits per heavy atom. The Morgan fingerprint density at radius 2 is 1.89 bits per heavy atom. The van der Waals surface area contributed by atoms with Crippen LogP contribution in [0.2, 0.25) is 0 Å². The second kappa shape index (κ2) is 4.25. The molecule has 1 heterocycles. The molecule has 5 heteroatoms. The number of hydrogen-bond acceptors (Lipinski definition) is 3. The van der Waals surface area contributed by atoms with Crippen molar-refractivity contribution in [3.63, 3.8) is 0 Å². The van der Waals surface area contributed by atoms with E-state index >= 15 is 0 Å². The SMILES string of the molecule is Cc1nc(-c2ccccc2)n(C(C)(C)C(=O)O)n1. The molecule has 2 aromatic rings. The maximum atomic E-state index is 11.3. The number of rotatable bonds is 3. The summed E-state index contributed by atoms with van der Waals surface area (Å²) in [4.78, 5) is 15.6. The highest BCUT2D eigenvalue weighted by atomic mass is 16.4. The molecule has 0 spiro atoms. The van der Waals surface area contributed by atoms with Crippen molar-refractivity contribution in [2.75, 3.05) is 0 Å². The Labute approximate surface area is 105 Å². The topological polar surface area (TPSA) is 68.0 Å². The van der Waals surface area contributed by atoms with Crippen molar-refractivity contribution in [3.05, 3.63) is 36.2 Å². The number of benzene rings is 1.